The topological polar surface area (TPSA) is 38.8 Å². The monoisotopic (exact) mass is 359 g/mol. The molecule has 136 valence electrons. The minimum atomic E-state index is 0.00550. The highest BCUT2D eigenvalue weighted by atomic mass is 16.5. The number of hydrogen-bond acceptors (Lipinski definition) is 3. The Balaban J connectivity index is 1.37. The van der Waals surface area contributed by atoms with Crippen LogP contribution in [0, 0.1) is 0 Å². The Labute approximate surface area is 159 Å². The first-order chi connectivity index (χ1) is 13.3. The van der Waals surface area contributed by atoms with E-state index < -0.39 is 0 Å². The average molecular weight is 359 g/mol. The highest BCUT2D eigenvalue weighted by molar-refractivity contribution is 6.07. The second-order valence-electron chi connectivity index (χ2n) is 6.37. The van der Waals surface area contributed by atoms with Crippen LogP contribution in [-0.2, 0) is 6.42 Å². The molecule has 1 amide bonds. The predicted octanol–water partition coefficient (Wildman–Crippen LogP) is 4.35. The standard InChI is InChI=1S/C23H21NO3/c25-23(24-14-13-18-7-4-5-12-22(18)24)19-8-6-11-21(17-19)27-16-15-26-20-9-2-1-3-10-20/h1-12,17H,13-16H2. The number of fused-ring (bicyclic) bond motifs is 1. The van der Waals surface area contributed by atoms with Gasteiger partial charge in [-0.3, -0.25) is 4.79 Å². The van der Waals surface area contributed by atoms with Gasteiger partial charge in [0.05, 0.1) is 0 Å². The quantitative estimate of drug-likeness (QED) is 0.614. The maximum Gasteiger partial charge on any atom is 0.258 e. The SMILES string of the molecule is O=C(c1cccc(OCCOc2ccccc2)c1)N1CCc2ccccc21. The molecule has 27 heavy (non-hydrogen) atoms. The van der Waals surface area contributed by atoms with Crippen LogP contribution < -0.4 is 14.4 Å². The summed E-state index contributed by atoms with van der Waals surface area (Å²) in [6.45, 7) is 1.58. The van der Waals surface area contributed by atoms with Crippen molar-refractivity contribution in [2.45, 2.75) is 6.42 Å². The van der Waals surface area contributed by atoms with Crippen molar-refractivity contribution in [2.75, 3.05) is 24.7 Å². The lowest BCUT2D eigenvalue weighted by atomic mass is 10.1. The molecule has 3 aromatic rings. The molecule has 0 unspecified atom stereocenters. The number of amides is 1. The highest BCUT2D eigenvalue weighted by Crippen LogP contribution is 2.29. The Kier molecular flexibility index (Phi) is 5.06. The lowest BCUT2D eigenvalue weighted by Gasteiger charge is -2.18. The van der Waals surface area contributed by atoms with Crippen molar-refractivity contribution in [3.05, 3.63) is 90.0 Å². The molecular formula is C23H21NO3. The highest BCUT2D eigenvalue weighted by Gasteiger charge is 2.25. The molecule has 0 N–H and O–H groups in total. The van der Waals surface area contributed by atoms with Gasteiger partial charge in [-0.1, -0.05) is 42.5 Å². The van der Waals surface area contributed by atoms with Crippen LogP contribution in [0.3, 0.4) is 0 Å². The van der Waals surface area contributed by atoms with Gasteiger partial charge < -0.3 is 14.4 Å². The molecule has 4 heteroatoms. The molecular weight excluding hydrogens is 338 g/mol. The smallest absolute Gasteiger partial charge is 0.258 e. The van der Waals surface area contributed by atoms with Crippen molar-refractivity contribution >= 4 is 11.6 Å². The number of anilines is 1. The Morgan fingerprint density at radius 2 is 1.52 bits per heavy atom. The van der Waals surface area contributed by atoms with Gasteiger partial charge in [-0.05, 0) is 48.4 Å². The van der Waals surface area contributed by atoms with Crippen molar-refractivity contribution in [3.8, 4) is 11.5 Å². The molecule has 0 atom stereocenters. The third-order valence-electron chi connectivity index (χ3n) is 4.58. The summed E-state index contributed by atoms with van der Waals surface area (Å²) < 4.78 is 11.4. The molecule has 3 aromatic carbocycles. The van der Waals surface area contributed by atoms with E-state index in [1.165, 1.54) is 5.56 Å². The Bertz CT molecular complexity index is 924. The van der Waals surface area contributed by atoms with Gasteiger partial charge in [0.25, 0.3) is 5.91 Å². The fourth-order valence-corrected chi connectivity index (χ4v) is 3.26. The summed E-state index contributed by atoms with van der Waals surface area (Å²) in [4.78, 5) is 14.8. The fraction of sp³-hybridized carbons (Fsp3) is 0.174. The number of carbonyl (C=O) groups excluding carboxylic acids is 1. The van der Waals surface area contributed by atoms with Crippen molar-refractivity contribution in [1.82, 2.24) is 0 Å². The Morgan fingerprint density at radius 1 is 0.815 bits per heavy atom. The first-order valence-corrected chi connectivity index (χ1v) is 9.12. The summed E-state index contributed by atoms with van der Waals surface area (Å²) >= 11 is 0. The Morgan fingerprint density at radius 3 is 2.37 bits per heavy atom. The lowest BCUT2D eigenvalue weighted by molar-refractivity contribution is 0.0989. The van der Waals surface area contributed by atoms with E-state index in [1.807, 2.05) is 71.6 Å². The number of carbonyl (C=O) groups is 1. The lowest BCUT2D eigenvalue weighted by Crippen LogP contribution is -2.28. The molecule has 0 saturated carbocycles. The summed E-state index contributed by atoms with van der Waals surface area (Å²) in [5.74, 6) is 1.49. The average Bonchev–Trinajstić information content (AvgIpc) is 3.16. The van der Waals surface area contributed by atoms with E-state index in [0.717, 1.165) is 17.9 Å². The zero-order valence-electron chi connectivity index (χ0n) is 15.0. The van der Waals surface area contributed by atoms with Crippen molar-refractivity contribution in [3.63, 3.8) is 0 Å². The van der Waals surface area contributed by atoms with Gasteiger partial charge in [-0.25, -0.2) is 0 Å². The number of nitrogens with zero attached hydrogens (tertiary/aromatic N) is 1. The van der Waals surface area contributed by atoms with E-state index in [2.05, 4.69) is 6.07 Å². The molecule has 0 aliphatic carbocycles. The van der Waals surface area contributed by atoms with Gasteiger partial charge >= 0.3 is 0 Å². The van der Waals surface area contributed by atoms with Gasteiger partial charge in [0.15, 0.2) is 0 Å². The van der Waals surface area contributed by atoms with Crippen molar-refractivity contribution < 1.29 is 14.3 Å². The first-order valence-electron chi connectivity index (χ1n) is 9.12. The van der Waals surface area contributed by atoms with Crippen LogP contribution in [0.2, 0.25) is 0 Å². The van der Waals surface area contributed by atoms with E-state index in [1.54, 1.807) is 6.07 Å². The molecule has 0 radical (unpaired) electrons. The second kappa shape index (κ2) is 7.96. The minimum Gasteiger partial charge on any atom is -0.490 e. The van der Waals surface area contributed by atoms with Crippen LogP contribution in [0.25, 0.3) is 0 Å². The summed E-state index contributed by atoms with van der Waals surface area (Å²) in [6.07, 6.45) is 0.898. The molecule has 0 fully saturated rings. The summed E-state index contributed by atoms with van der Waals surface area (Å²) in [5.41, 5.74) is 2.86. The minimum absolute atomic E-state index is 0.00550. The molecule has 0 aromatic heterocycles. The van der Waals surface area contributed by atoms with Crippen molar-refractivity contribution in [2.24, 2.45) is 0 Å². The summed E-state index contributed by atoms with van der Waals surface area (Å²) in [7, 11) is 0. The van der Waals surface area contributed by atoms with Crippen LogP contribution >= 0.6 is 0 Å². The van der Waals surface area contributed by atoms with E-state index in [-0.39, 0.29) is 5.91 Å². The van der Waals surface area contributed by atoms with E-state index in [4.69, 9.17) is 9.47 Å². The zero-order chi connectivity index (χ0) is 18.5. The summed E-state index contributed by atoms with van der Waals surface area (Å²) in [5, 5.41) is 0. The maximum atomic E-state index is 12.9. The van der Waals surface area contributed by atoms with Crippen molar-refractivity contribution in [1.29, 1.82) is 0 Å². The van der Waals surface area contributed by atoms with Crippen LogP contribution in [0.5, 0.6) is 11.5 Å². The molecule has 0 saturated heterocycles. The maximum absolute atomic E-state index is 12.9. The van der Waals surface area contributed by atoms with Crippen LogP contribution in [0.1, 0.15) is 15.9 Å². The number of rotatable bonds is 6. The molecule has 1 heterocycles. The van der Waals surface area contributed by atoms with Gasteiger partial charge in [0.2, 0.25) is 0 Å². The first kappa shape index (κ1) is 17.2. The zero-order valence-corrected chi connectivity index (χ0v) is 15.0. The molecule has 1 aliphatic rings. The van der Waals surface area contributed by atoms with Gasteiger partial charge in [0.1, 0.15) is 24.7 Å². The molecule has 0 spiro atoms. The molecule has 1 aliphatic heterocycles. The predicted molar refractivity (Wildman–Crippen MR) is 106 cm³/mol. The molecule has 4 rings (SSSR count). The van der Waals surface area contributed by atoms with Gasteiger partial charge in [0, 0.05) is 17.8 Å². The van der Waals surface area contributed by atoms with E-state index in [0.29, 0.717) is 31.1 Å². The molecule has 4 nitrogen and oxygen atoms in total. The Hall–Kier alpha value is -3.27. The number of ether oxygens (including phenoxy) is 2. The number of hydrogen-bond donors (Lipinski definition) is 0. The van der Waals surface area contributed by atoms with Crippen LogP contribution in [0.15, 0.2) is 78.9 Å². The normalized spacial score (nSPS) is 12.5. The number of para-hydroxylation sites is 2. The number of benzene rings is 3. The third kappa shape index (κ3) is 3.95. The molecule has 0 bridgehead atoms. The fourth-order valence-electron chi connectivity index (χ4n) is 3.26. The van der Waals surface area contributed by atoms with Gasteiger partial charge in [-0.2, -0.15) is 0 Å². The van der Waals surface area contributed by atoms with Gasteiger partial charge in [-0.15, -0.1) is 0 Å². The van der Waals surface area contributed by atoms with E-state index >= 15 is 0 Å². The van der Waals surface area contributed by atoms with Crippen LogP contribution in [-0.4, -0.2) is 25.7 Å². The largest absolute Gasteiger partial charge is 0.490 e. The van der Waals surface area contributed by atoms with E-state index in [9.17, 15) is 4.79 Å². The second-order valence-corrected chi connectivity index (χ2v) is 6.37. The third-order valence-corrected chi connectivity index (χ3v) is 4.58. The van der Waals surface area contributed by atoms with Crippen LogP contribution in [0.4, 0.5) is 5.69 Å². The summed E-state index contributed by atoms with van der Waals surface area (Å²) in [6, 6.07) is 25.0.